The second-order valence-electron chi connectivity index (χ2n) is 7.51. The first kappa shape index (κ1) is 20.5. The zero-order chi connectivity index (χ0) is 22.0. The fraction of sp³-hybridized carbons (Fsp3) is 0.200. The zero-order valence-corrected chi connectivity index (χ0v) is 17.3. The maximum Gasteiger partial charge on any atom is 0.319 e. The van der Waals surface area contributed by atoms with Crippen LogP contribution in [0.3, 0.4) is 0 Å². The van der Waals surface area contributed by atoms with Crippen LogP contribution in [-0.2, 0) is 16.1 Å². The van der Waals surface area contributed by atoms with Crippen molar-refractivity contribution in [2.75, 3.05) is 7.11 Å². The van der Waals surface area contributed by atoms with Gasteiger partial charge in [0.2, 0.25) is 5.90 Å². The monoisotopic (exact) mass is 417 g/mol. The summed E-state index contributed by atoms with van der Waals surface area (Å²) in [6.07, 6.45) is 0. The molecule has 6 heteroatoms. The number of carbonyl (C=O) groups is 1. The van der Waals surface area contributed by atoms with Crippen molar-refractivity contribution in [1.82, 2.24) is 0 Å². The summed E-state index contributed by atoms with van der Waals surface area (Å²) < 4.78 is 16.3. The largest absolute Gasteiger partial charge is 0.508 e. The highest BCUT2D eigenvalue weighted by molar-refractivity contribution is 6.00. The van der Waals surface area contributed by atoms with Crippen molar-refractivity contribution in [2.45, 2.75) is 19.4 Å². The van der Waals surface area contributed by atoms with Crippen LogP contribution in [0.1, 0.15) is 28.2 Å². The summed E-state index contributed by atoms with van der Waals surface area (Å²) >= 11 is 0. The minimum Gasteiger partial charge on any atom is -0.508 e. The van der Waals surface area contributed by atoms with Gasteiger partial charge in [-0.2, -0.15) is 0 Å². The van der Waals surface area contributed by atoms with E-state index in [2.05, 4.69) is 0 Å². The molecular weight excluding hydrogens is 394 g/mol. The third-order valence-electron chi connectivity index (χ3n) is 5.39. The minimum absolute atomic E-state index is 0.0293. The average Bonchev–Trinajstić information content (AvgIpc) is 2.77. The van der Waals surface area contributed by atoms with Gasteiger partial charge in [-0.05, 0) is 36.2 Å². The van der Waals surface area contributed by atoms with Gasteiger partial charge in [0, 0.05) is 17.5 Å². The van der Waals surface area contributed by atoms with Crippen LogP contribution in [-0.4, -0.2) is 24.1 Å². The third kappa shape index (κ3) is 4.23. The van der Waals surface area contributed by atoms with E-state index in [1.165, 1.54) is 24.8 Å². The third-order valence-corrected chi connectivity index (χ3v) is 5.39. The molecule has 1 aliphatic heterocycles. The Morgan fingerprint density at radius 2 is 1.77 bits per heavy atom. The summed E-state index contributed by atoms with van der Waals surface area (Å²) in [7, 11) is 1.29. The van der Waals surface area contributed by atoms with Gasteiger partial charge in [-0.3, -0.25) is 10.2 Å². The molecule has 1 aliphatic rings. The lowest BCUT2D eigenvalue weighted by atomic mass is 9.78. The van der Waals surface area contributed by atoms with Gasteiger partial charge in [-0.15, -0.1) is 0 Å². The highest BCUT2D eigenvalue weighted by Gasteiger charge is 2.42. The minimum atomic E-state index is -0.915. The number of ether oxygens (including phenoxy) is 3. The number of esters is 1. The van der Waals surface area contributed by atoms with Crippen LogP contribution >= 0.6 is 0 Å². The van der Waals surface area contributed by atoms with E-state index in [-0.39, 0.29) is 11.6 Å². The number of methoxy groups -OCH3 is 1. The number of aromatic hydroxyl groups is 1. The highest BCUT2D eigenvalue weighted by atomic mass is 16.5. The predicted molar refractivity (Wildman–Crippen MR) is 116 cm³/mol. The van der Waals surface area contributed by atoms with Crippen LogP contribution in [0.25, 0.3) is 0 Å². The van der Waals surface area contributed by atoms with E-state index in [9.17, 15) is 9.90 Å². The van der Waals surface area contributed by atoms with Gasteiger partial charge >= 0.3 is 5.97 Å². The van der Waals surface area contributed by atoms with E-state index >= 15 is 0 Å². The Bertz CT molecular complexity index is 1110. The van der Waals surface area contributed by atoms with Gasteiger partial charge < -0.3 is 19.3 Å². The topological polar surface area (TPSA) is 88.8 Å². The molecule has 0 saturated carbocycles. The van der Waals surface area contributed by atoms with E-state index in [1.54, 1.807) is 6.07 Å². The van der Waals surface area contributed by atoms with Crippen molar-refractivity contribution < 1.29 is 24.1 Å². The predicted octanol–water partition coefficient (Wildman–Crippen LogP) is 4.57. The molecule has 2 atom stereocenters. The second-order valence-corrected chi connectivity index (χ2v) is 7.51. The average molecular weight is 417 g/mol. The Labute approximate surface area is 180 Å². The summed E-state index contributed by atoms with van der Waals surface area (Å²) in [5, 5.41) is 18.0. The molecule has 0 bridgehead atoms. The summed E-state index contributed by atoms with van der Waals surface area (Å²) in [5.41, 5.74) is 3.80. The van der Waals surface area contributed by atoms with Crippen LogP contribution < -0.4 is 9.47 Å². The smallest absolute Gasteiger partial charge is 0.319 e. The quantitative estimate of drug-likeness (QED) is 0.594. The van der Waals surface area contributed by atoms with Gasteiger partial charge in [-0.25, -0.2) is 0 Å². The molecule has 4 rings (SSSR count). The number of phenolic OH excluding ortho intramolecular Hbond substituents is 1. The maximum atomic E-state index is 12.5. The molecule has 0 radical (unpaired) electrons. The molecule has 0 aromatic heterocycles. The van der Waals surface area contributed by atoms with E-state index < -0.39 is 17.8 Å². The Balaban J connectivity index is 1.62. The Morgan fingerprint density at radius 1 is 1.06 bits per heavy atom. The Kier molecular flexibility index (Phi) is 5.62. The zero-order valence-electron chi connectivity index (χ0n) is 17.3. The van der Waals surface area contributed by atoms with Gasteiger partial charge in [0.25, 0.3) is 0 Å². The molecule has 0 fully saturated rings. The van der Waals surface area contributed by atoms with Crippen LogP contribution in [0.15, 0.2) is 66.7 Å². The molecule has 0 saturated heterocycles. The number of carbonyl (C=O) groups excluding carboxylic acids is 1. The summed E-state index contributed by atoms with van der Waals surface area (Å²) in [5.74, 6) is -1.07. The number of hydrogen-bond acceptors (Lipinski definition) is 6. The first-order chi connectivity index (χ1) is 15.0. The summed E-state index contributed by atoms with van der Waals surface area (Å²) in [6, 6.07) is 20.3. The fourth-order valence-electron chi connectivity index (χ4n) is 3.75. The molecule has 2 unspecified atom stereocenters. The van der Waals surface area contributed by atoms with E-state index in [0.717, 1.165) is 11.1 Å². The molecular formula is C25H23NO5. The molecule has 6 nitrogen and oxygen atoms in total. The molecule has 31 heavy (non-hydrogen) atoms. The first-order valence-corrected chi connectivity index (χ1v) is 9.91. The Hall–Kier alpha value is -3.80. The first-order valence-electron chi connectivity index (χ1n) is 9.91. The maximum absolute atomic E-state index is 12.5. The van der Waals surface area contributed by atoms with Crippen molar-refractivity contribution >= 4 is 11.9 Å². The lowest BCUT2D eigenvalue weighted by Crippen LogP contribution is -2.38. The van der Waals surface area contributed by atoms with Gasteiger partial charge in [-0.1, -0.05) is 48.0 Å². The summed E-state index contributed by atoms with van der Waals surface area (Å²) in [4.78, 5) is 12.5. The van der Waals surface area contributed by atoms with E-state index in [0.29, 0.717) is 23.7 Å². The van der Waals surface area contributed by atoms with Crippen molar-refractivity contribution in [3.05, 3.63) is 89.0 Å². The molecule has 0 amide bonds. The van der Waals surface area contributed by atoms with Crippen LogP contribution in [0.2, 0.25) is 0 Å². The SMILES string of the molecule is COC(=O)C1C(=N)Oc2cc(O)ccc2C1c1ccc(OCc2ccc(C)cc2)cc1. The number of aryl methyl sites for hydroxylation is 1. The lowest BCUT2D eigenvalue weighted by Gasteiger charge is -2.32. The fourth-order valence-corrected chi connectivity index (χ4v) is 3.75. The molecule has 3 aromatic rings. The summed E-state index contributed by atoms with van der Waals surface area (Å²) in [6.45, 7) is 2.49. The molecule has 0 spiro atoms. The molecule has 158 valence electrons. The normalized spacial score (nSPS) is 17.4. The van der Waals surface area contributed by atoms with Crippen LogP contribution in [0, 0.1) is 18.3 Å². The molecule has 0 aliphatic carbocycles. The lowest BCUT2D eigenvalue weighted by molar-refractivity contribution is -0.143. The van der Waals surface area contributed by atoms with Crippen molar-refractivity contribution in [3.63, 3.8) is 0 Å². The van der Waals surface area contributed by atoms with Crippen LogP contribution in [0.4, 0.5) is 0 Å². The van der Waals surface area contributed by atoms with Crippen molar-refractivity contribution in [1.29, 1.82) is 5.41 Å². The number of fused-ring (bicyclic) bond motifs is 1. The van der Waals surface area contributed by atoms with E-state index in [4.69, 9.17) is 19.6 Å². The number of phenols is 1. The van der Waals surface area contributed by atoms with Crippen molar-refractivity contribution in [2.24, 2.45) is 5.92 Å². The number of nitrogens with one attached hydrogen (secondary N) is 1. The number of hydrogen-bond donors (Lipinski definition) is 2. The van der Waals surface area contributed by atoms with Crippen molar-refractivity contribution in [3.8, 4) is 17.2 Å². The highest BCUT2D eigenvalue weighted by Crippen LogP contribution is 2.44. The van der Waals surface area contributed by atoms with Gasteiger partial charge in [0.05, 0.1) is 7.11 Å². The number of benzene rings is 3. The molecule has 3 aromatic carbocycles. The number of rotatable bonds is 5. The van der Waals surface area contributed by atoms with Gasteiger partial charge in [0.1, 0.15) is 29.8 Å². The Morgan fingerprint density at radius 3 is 2.45 bits per heavy atom. The van der Waals surface area contributed by atoms with E-state index in [1.807, 2.05) is 55.5 Å². The standard InChI is InChI=1S/C25H23NO5/c1-15-3-5-16(6-4-15)14-30-19-10-7-17(8-11-19)22-20-12-9-18(27)13-21(20)31-24(26)23(22)25(28)29-2/h3-13,22-23,26-27H,14H2,1-2H3. The van der Waals surface area contributed by atoms with Gasteiger partial charge in [0.15, 0.2) is 0 Å². The second kappa shape index (κ2) is 8.52. The molecule has 1 heterocycles. The van der Waals surface area contributed by atoms with Crippen LogP contribution in [0.5, 0.6) is 17.2 Å². The molecule has 2 N–H and O–H groups in total.